The predicted octanol–water partition coefficient (Wildman–Crippen LogP) is 4.86. The molecule has 2 rings (SSSR count). The van der Waals surface area contributed by atoms with E-state index in [4.69, 9.17) is 4.43 Å². The molecule has 3 heteroatoms. The average Bonchev–Trinajstić information content (AvgIpc) is 2.54. The lowest BCUT2D eigenvalue weighted by Gasteiger charge is -2.36. The SMILES string of the molecule is Cc1c(O[Si](C)(C)C(C)(C)C)[nH]c2ccccc12. The number of rotatable bonds is 2. The molecule has 0 amide bonds. The first-order valence-electron chi connectivity index (χ1n) is 6.49. The molecule has 0 unspecified atom stereocenters. The second-order valence-corrected chi connectivity index (χ2v) is 11.2. The van der Waals surface area contributed by atoms with Crippen LogP contribution in [0.3, 0.4) is 0 Å². The summed E-state index contributed by atoms with van der Waals surface area (Å²) >= 11 is 0. The Hall–Kier alpha value is -1.22. The Morgan fingerprint density at radius 2 is 1.72 bits per heavy atom. The van der Waals surface area contributed by atoms with Crippen LogP contribution in [0.25, 0.3) is 10.9 Å². The van der Waals surface area contributed by atoms with Gasteiger partial charge < -0.3 is 9.41 Å². The Labute approximate surface area is 110 Å². The number of hydrogen-bond donors (Lipinski definition) is 1. The highest BCUT2D eigenvalue weighted by molar-refractivity contribution is 6.74. The standard InChI is InChI=1S/C15H23NOSi/c1-11-12-9-7-8-10-13(12)16-14(11)17-18(5,6)15(2,3)4/h7-10,16H,1-6H3. The molecule has 1 N–H and O–H groups in total. The molecule has 0 aliphatic carbocycles. The Bertz CT molecular complexity index is 563. The minimum Gasteiger partial charge on any atom is -0.532 e. The van der Waals surface area contributed by atoms with Crippen LogP contribution in [0.4, 0.5) is 0 Å². The van der Waals surface area contributed by atoms with Crippen LogP contribution >= 0.6 is 0 Å². The van der Waals surface area contributed by atoms with Crippen molar-refractivity contribution < 1.29 is 4.43 Å². The first-order chi connectivity index (χ1) is 8.22. The van der Waals surface area contributed by atoms with Crippen molar-refractivity contribution in [2.24, 2.45) is 0 Å². The third kappa shape index (κ3) is 2.19. The Balaban J connectivity index is 2.41. The molecule has 1 aromatic carbocycles. The summed E-state index contributed by atoms with van der Waals surface area (Å²) in [7, 11) is -1.77. The van der Waals surface area contributed by atoms with Crippen molar-refractivity contribution in [1.29, 1.82) is 0 Å². The summed E-state index contributed by atoms with van der Waals surface area (Å²) in [6, 6.07) is 8.36. The fourth-order valence-electron chi connectivity index (χ4n) is 1.77. The van der Waals surface area contributed by atoms with Gasteiger partial charge in [-0.2, -0.15) is 0 Å². The van der Waals surface area contributed by atoms with Crippen LogP contribution < -0.4 is 4.43 Å². The van der Waals surface area contributed by atoms with Gasteiger partial charge in [-0.3, -0.25) is 0 Å². The van der Waals surface area contributed by atoms with Crippen molar-refractivity contribution >= 4 is 19.2 Å². The van der Waals surface area contributed by atoms with Crippen molar-refractivity contribution in [3.63, 3.8) is 0 Å². The highest BCUT2D eigenvalue weighted by Crippen LogP contribution is 2.39. The average molecular weight is 261 g/mol. The van der Waals surface area contributed by atoms with Crippen LogP contribution in [0, 0.1) is 6.92 Å². The lowest BCUT2D eigenvalue weighted by Crippen LogP contribution is -2.44. The largest absolute Gasteiger partial charge is 0.532 e. The molecule has 1 heterocycles. The predicted molar refractivity (Wildman–Crippen MR) is 80.9 cm³/mol. The van der Waals surface area contributed by atoms with Crippen molar-refractivity contribution in [2.75, 3.05) is 0 Å². The maximum atomic E-state index is 6.37. The zero-order valence-electron chi connectivity index (χ0n) is 12.2. The second kappa shape index (κ2) is 4.16. The van der Waals surface area contributed by atoms with Crippen LogP contribution in [0.15, 0.2) is 24.3 Å². The van der Waals surface area contributed by atoms with Gasteiger partial charge in [0.1, 0.15) is 0 Å². The van der Waals surface area contributed by atoms with Gasteiger partial charge >= 0.3 is 0 Å². The van der Waals surface area contributed by atoms with Gasteiger partial charge in [-0.15, -0.1) is 0 Å². The number of H-pyrrole nitrogens is 1. The molecule has 1 aromatic heterocycles. The van der Waals surface area contributed by atoms with Gasteiger partial charge in [-0.05, 0) is 31.1 Å². The van der Waals surface area contributed by atoms with Crippen molar-refractivity contribution in [2.45, 2.75) is 45.8 Å². The van der Waals surface area contributed by atoms with E-state index < -0.39 is 8.32 Å². The Morgan fingerprint density at radius 1 is 1.11 bits per heavy atom. The van der Waals surface area contributed by atoms with E-state index in [9.17, 15) is 0 Å². The third-order valence-corrected chi connectivity index (χ3v) is 8.41. The molecule has 0 aliphatic rings. The smallest absolute Gasteiger partial charge is 0.252 e. The molecule has 2 nitrogen and oxygen atoms in total. The molecule has 0 bridgehead atoms. The molecule has 0 saturated heterocycles. The molecule has 0 spiro atoms. The molecule has 0 radical (unpaired) electrons. The van der Waals surface area contributed by atoms with Gasteiger partial charge in [0, 0.05) is 16.5 Å². The molecular weight excluding hydrogens is 238 g/mol. The quantitative estimate of drug-likeness (QED) is 0.767. The van der Waals surface area contributed by atoms with Gasteiger partial charge in [0.05, 0.1) is 0 Å². The molecule has 0 aliphatic heterocycles. The number of fused-ring (bicyclic) bond motifs is 1. The molecular formula is C15H23NOSi. The van der Waals surface area contributed by atoms with E-state index >= 15 is 0 Å². The number of hydrogen-bond acceptors (Lipinski definition) is 1. The molecule has 2 aromatic rings. The van der Waals surface area contributed by atoms with E-state index in [1.807, 2.05) is 6.07 Å². The van der Waals surface area contributed by atoms with Crippen LogP contribution in [0.2, 0.25) is 18.1 Å². The minimum atomic E-state index is -1.77. The Morgan fingerprint density at radius 3 is 2.28 bits per heavy atom. The summed E-state index contributed by atoms with van der Waals surface area (Å²) in [6.07, 6.45) is 0. The first-order valence-corrected chi connectivity index (χ1v) is 9.39. The van der Waals surface area contributed by atoms with E-state index in [-0.39, 0.29) is 5.04 Å². The van der Waals surface area contributed by atoms with Crippen LogP contribution in [0.5, 0.6) is 5.88 Å². The zero-order chi connectivity index (χ0) is 13.6. The molecule has 98 valence electrons. The minimum absolute atomic E-state index is 0.219. The van der Waals surface area contributed by atoms with Gasteiger partial charge in [-0.1, -0.05) is 39.0 Å². The van der Waals surface area contributed by atoms with Crippen LogP contribution in [0.1, 0.15) is 26.3 Å². The summed E-state index contributed by atoms with van der Waals surface area (Å²) < 4.78 is 6.37. The van der Waals surface area contributed by atoms with Crippen molar-refractivity contribution in [3.05, 3.63) is 29.8 Å². The normalized spacial score (nSPS) is 13.0. The van der Waals surface area contributed by atoms with E-state index in [0.717, 1.165) is 11.4 Å². The molecule has 0 fully saturated rings. The number of benzene rings is 1. The monoisotopic (exact) mass is 261 g/mol. The lowest BCUT2D eigenvalue weighted by molar-refractivity contribution is 0.477. The van der Waals surface area contributed by atoms with Crippen LogP contribution in [-0.2, 0) is 0 Å². The van der Waals surface area contributed by atoms with E-state index in [1.54, 1.807) is 0 Å². The second-order valence-electron chi connectivity index (χ2n) is 6.49. The summed E-state index contributed by atoms with van der Waals surface area (Å²) in [5.74, 6) is 0.947. The summed E-state index contributed by atoms with van der Waals surface area (Å²) in [4.78, 5) is 3.40. The van der Waals surface area contributed by atoms with E-state index in [1.165, 1.54) is 10.9 Å². The molecule has 0 saturated carbocycles. The number of aromatic amines is 1. The Kier molecular flexibility index (Phi) is 3.05. The van der Waals surface area contributed by atoms with E-state index in [2.05, 4.69) is 64.0 Å². The number of aromatic nitrogens is 1. The highest BCUT2D eigenvalue weighted by atomic mass is 28.4. The van der Waals surface area contributed by atoms with Crippen LogP contribution in [-0.4, -0.2) is 13.3 Å². The molecule has 0 atom stereocenters. The zero-order valence-corrected chi connectivity index (χ0v) is 13.2. The number of para-hydroxylation sites is 1. The van der Waals surface area contributed by atoms with Gasteiger partial charge in [0.25, 0.3) is 8.32 Å². The maximum absolute atomic E-state index is 6.37. The highest BCUT2D eigenvalue weighted by Gasteiger charge is 2.39. The summed E-state index contributed by atoms with van der Waals surface area (Å²) in [6.45, 7) is 13.5. The lowest BCUT2D eigenvalue weighted by atomic mass is 10.2. The molecule has 18 heavy (non-hydrogen) atoms. The van der Waals surface area contributed by atoms with Gasteiger partial charge in [0.2, 0.25) is 0 Å². The summed E-state index contributed by atoms with van der Waals surface area (Å²) in [5, 5.41) is 1.47. The number of nitrogens with one attached hydrogen (secondary N) is 1. The topological polar surface area (TPSA) is 25.0 Å². The first kappa shape index (κ1) is 13.2. The summed E-state index contributed by atoms with van der Waals surface area (Å²) in [5.41, 5.74) is 2.37. The van der Waals surface area contributed by atoms with Crippen molar-refractivity contribution in [1.82, 2.24) is 4.98 Å². The maximum Gasteiger partial charge on any atom is 0.252 e. The van der Waals surface area contributed by atoms with Gasteiger partial charge in [-0.25, -0.2) is 0 Å². The number of aryl methyl sites for hydroxylation is 1. The van der Waals surface area contributed by atoms with Gasteiger partial charge in [0.15, 0.2) is 5.88 Å². The van der Waals surface area contributed by atoms with Crippen molar-refractivity contribution in [3.8, 4) is 5.88 Å². The third-order valence-electron chi connectivity index (χ3n) is 4.08. The fraction of sp³-hybridized carbons (Fsp3) is 0.467. The fourth-order valence-corrected chi connectivity index (χ4v) is 2.79. The van der Waals surface area contributed by atoms with E-state index in [0.29, 0.717) is 0 Å².